The molecule has 0 saturated carbocycles. The number of benzene rings is 1. The number of halogens is 2. The van der Waals surface area contributed by atoms with Gasteiger partial charge in [0.2, 0.25) is 0 Å². The third-order valence-corrected chi connectivity index (χ3v) is 5.16. The van der Waals surface area contributed by atoms with Crippen LogP contribution >= 0.6 is 27.5 Å². The summed E-state index contributed by atoms with van der Waals surface area (Å²) >= 11 is 9.93. The highest BCUT2D eigenvalue weighted by Gasteiger charge is 2.18. The first-order chi connectivity index (χ1) is 9.72. The zero-order valence-electron chi connectivity index (χ0n) is 12.0. The number of nitrogens with one attached hydrogen (secondary N) is 1. The Bertz CT molecular complexity index is 421. The second-order valence-electron chi connectivity index (χ2n) is 5.32. The van der Waals surface area contributed by atoms with Gasteiger partial charge in [0.25, 0.3) is 0 Å². The molecule has 0 spiro atoms. The summed E-state index contributed by atoms with van der Waals surface area (Å²) in [7, 11) is 0. The highest BCUT2D eigenvalue weighted by atomic mass is 79.9. The third-order valence-electron chi connectivity index (χ3n) is 3.85. The van der Waals surface area contributed by atoms with Crippen molar-refractivity contribution in [2.75, 3.05) is 13.2 Å². The van der Waals surface area contributed by atoms with Crippen molar-refractivity contribution in [1.29, 1.82) is 0 Å². The van der Waals surface area contributed by atoms with E-state index in [1.54, 1.807) is 0 Å². The van der Waals surface area contributed by atoms with Gasteiger partial charge in [0, 0.05) is 17.1 Å². The fourth-order valence-corrected chi connectivity index (χ4v) is 3.46. The van der Waals surface area contributed by atoms with Gasteiger partial charge >= 0.3 is 0 Å². The molecular weight excluding hydrogens is 338 g/mol. The Balaban J connectivity index is 1.93. The first-order valence-corrected chi connectivity index (χ1v) is 8.68. The van der Waals surface area contributed by atoms with Crippen molar-refractivity contribution < 1.29 is 4.74 Å². The molecule has 2 atom stereocenters. The van der Waals surface area contributed by atoms with Crippen LogP contribution in [0.5, 0.6) is 0 Å². The van der Waals surface area contributed by atoms with Crippen LogP contribution in [0.15, 0.2) is 22.7 Å². The molecule has 1 heterocycles. The molecule has 112 valence electrons. The van der Waals surface area contributed by atoms with Gasteiger partial charge in [0.15, 0.2) is 0 Å². The molecule has 1 aliphatic rings. The molecule has 1 aromatic carbocycles. The van der Waals surface area contributed by atoms with Gasteiger partial charge in [-0.1, -0.05) is 30.7 Å². The standard InChI is InChI=1S/C16H23BrClNO/c1-2-19-15(10-3-6-12-7-5-11-20-12)13-8-4-9-14(17)16(13)18/h4,8-9,12,15,19H,2-3,5-7,10-11H2,1H3. The maximum Gasteiger partial charge on any atom is 0.0595 e. The quantitative estimate of drug-likeness (QED) is 0.730. The third kappa shape index (κ3) is 4.45. The Morgan fingerprint density at radius 3 is 3.05 bits per heavy atom. The van der Waals surface area contributed by atoms with E-state index in [0.717, 1.165) is 35.5 Å². The van der Waals surface area contributed by atoms with E-state index >= 15 is 0 Å². The van der Waals surface area contributed by atoms with Crippen molar-refractivity contribution in [3.05, 3.63) is 33.3 Å². The van der Waals surface area contributed by atoms with E-state index in [-0.39, 0.29) is 0 Å². The summed E-state index contributed by atoms with van der Waals surface area (Å²) in [5, 5.41) is 4.38. The molecule has 2 unspecified atom stereocenters. The number of rotatable bonds is 7. The highest BCUT2D eigenvalue weighted by Crippen LogP contribution is 2.32. The van der Waals surface area contributed by atoms with Crippen LogP contribution in [-0.2, 0) is 4.74 Å². The Morgan fingerprint density at radius 2 is 2.35 bits per heavy atom. The monoisotopic (exact) mass is 359 g/mol. The molecule has 0 aliphatic carbocycles. The van der Waals surface area contributed by atoms with Crippen molar-refractivity contribution in [2.24, 2.45) is 0 Å². The zero-order valence-corrected chi connectivity index (χ0v) is 14.3. The molecule has 4 heteroatoms. The van der Waals surface area contributed by atoms with E-state index in [0.29, 0.717) is 12.1 Å². The van der Waals surface area contributed by atoms with Crippen molar-refractivity contribution >= 4 is 27.5 Å². The maximum atomic E-state index is 6.42. The van der Waals surface area contributed by atoms with Crippen molar-refractivity contribution in [3.8, 4) is 0 Å². The van der Waals surface area contributed by atoms with Crippen molar-refractivity contribution in [2.45, 2.75) is 51.2 Å². The first-order valence-electron chi connectivity index (χ1n) is 7.51. The molecule has 1 fully saturated rings. The second-order valence-corrected chi connectivity index (χ2v) is 6.55. The van der Waals surface area contributed by atoms with Crippen LogP contribution in [0.4, 0.5) is 0 Å². The van der Waals surface area contributed by atoms with E-state index in [2.05, 4.69) is 40.3 Å². The van der Waals surface area contributed by atoms with Gasteiger partial charge < -0.3 is 10.1 Å². The molecule has 20 heavy (non-hydrogen) atoms. The molecule has 1 aliphatic heterocycles. The number of hydrogen-bond donors (Lipinski definition) is 1. The van der Waals surface area contributed by atoms with Crippen LogP contribution in [-0.4, -0.2) is 19.3 Å². The normalized spacial score (nSPS) is 20.2. The summed E-state index contributed by atoms with van der Waals surface area (Å²) < 4.78 is 6.66. The number of hydrogen-bond acceptors (Lipinski definition) is 2. The van der Waals surface area contributed by atoms with E-state index in [1.807, 2.05) is 6.07 Å². The van der Waals surface area contributed by atoms with E-state index < -0.39 is 0 Å². The molecule has 1 aromatic rings. The van der Waals surface area contributed by atoms with Crippen molar-refractivity contribution in [1.82, 2.24) is 5.32 Å². The Hall–Kier alpha value is -0.0900. The Labute approximate surface area is 135 Å². The molecule has 1 N–H and O–H groups in total. The van der Waals surface area contributed by atoms with Gasteiger partial charge in [0.1, 0.15) is 0 Å². The van der Waals surface area contributed by atoms with E-state index in [9.17, 15) is 0 Å². The predicted octanol–water partition coefficient (Wildman–Crippen LogP) is 5.10. The average Bonchev–Trinajstić information content (AvgIpc) is 2.94. The second kappa shape index (κ2) is 8.38. The summed E-state index contributed by atoms with van der Waals surface area (Å²) in [6, 6.07) is 6.48. The average molecular weight is 361 g/mol. The molecule has 0 bridgehead atoms. The topological polar surface area (TPSA) is 21.3 Å². The largest absolute Gasteiger partial charge is 0.378 e. The van der Waals surface area contributed by atoms with Gasteiger partial charge in [-0.25, -0.2) is 0 Å². The molecule has 1 saturated heterocycles. The fraction of sp³-hybridized carbons (Fsp3) is 0.625. The van der Waals surface area contributed by atoms with Crippen LogP contribution in [0.3, 0.4) is 0 Å². The Kier molecular flexibility index (Phi) is 6.82. The first kappa shape index (κ1) is 16.3. The van der Waals surface area contributed by atoms with Crippen LogP contribution in [0.1, 0.15) is 50.6 Å². The minimum absolute atomic E-state index is 0.325. The van der Waals surface area contributed by atoms with Gasteiger partial charge in [-0.15, -0.1) is 0 Å². The molecule has 2 rings (SSSR count). The van der Waals surface area contributed by atoms with Crippen LogP contribution in [0.2, 0.25) is 5.02 Å². The Morgan fingerprint density at radius 1 is 1.50 bits per heavy atom. The SMILES string of the molecule is CCNC(CCCC1CCCO1)c1cccc(Br)c1Cl. The zero-order chi connectivity index (χ0) is 14.4. The summed E-state index contributed by atoms with van der Waals surface area (Å²) in [5.41, 5.74) is 1.19. The highest BCUT2D eigenvalue weighted by molar-refractivity contribution is 9.10. The minimum atomic E-state index is 0.325. The fourth-order valence-electron chi connectivity index (χ4n) is 2.83. The smallest absolute Gasteiger partial charge is 0.0595 e. The van der Waals surface area contributed by atoms with Gasteiger partial charge in [0.05, 0.1) is 11.1 Å². The maximum absolute atomic E-state index is 6.42. The predicted molar refractivity (Wildman–Crippen MR) is 88.4 cm³/mol. The van der Waals surface area contributed by atoms with Gasteiger partial charge in [-0.2, -0.15) is 0 Å². The lowest BCUT2D eigenvalue weighted by atomic mass is 9.99. The van der Waals surface area contributed by atoms with Crippen LogP contribution in [0.25, 0.3) is 0 Å². The summed E-state index contributed by atoms with van der Waals surface area (Å²) in [5.74, 6) is 0. The summed E-state index contributed by atoms with van der Waals surface area (Å²) in [4.78, 5) is 0. The molecule has 2 nitrogen and oxygen atoms in total. The summed E-state index contributed by atoms with van der Waals surface area (Å²) in [6.07, 6.45) is 6.36. The minimum Gasteiger partial charge on any atom is -0.378 e. The molecule has 0 amide bonds. The molecular formula is C16H23BrClNO. The van der Waals surface area contributed by atoms with Crippen LogP contribution in [0, 0.1) is 0 Å². The molecule has 0 radical (unpaired) electrons. The van der Waals surface area contributed by atoms with E-state index in [1.165, 1.54) is 24.8 Å². The lowest BCUT2D eigenvalue weighted by Crippen LogP contribution is -2.21. The van der Waals surface area contributed by atoms with Crippen molar-refractivity contribution in [3.63, 3.8) is 0 Å². The lowest BCUT2D eigenvalue weighted by molar-refractivity contribution is 0.101. The van der Waals surface area contributed by atoms with E-state index in [4.69, 9.17) is 16.3 Å². The lowest BCUT2D eigenvalue weighted by Gasteiger charge is -2.21. The van der Waals surface area contributed by atoms with Gasteiger partial charge in [-0.3, -0.25) is 0 Å². The van der Waals surface area contributed by atoms with Gasteiger partial charge in [-0.05, 0) is 66.2 Å². The van der Waals surface area contributed by atoms with Crippen LogP contribution < -0.4 is 5.32 Å². The molecule has 0 aromatic heterocycles. The number of ether oxygens (including phenoxy) is 1. The summed E-state index contributed by atoms with van der Waals surface area (Å²) in [6.45, 7) is 4.03.